The van der Waals surface area contributed by atoms with E-state index in [2.05, 4.69) is 43.7 Å². The third-order valence-electron chi connectivity index (χ3n) is 4.82. The largest absolute Gasteiger partial charge is 0.508 e. The number of nitrogens with zero attached hydrogens (tertiary/aromatic N) is 2. The number of benzene rings is 1. The second-order valence-electron chi connectivity index (χ2n) is 6.07. The van der Waals surface area contributed by atoms with Crippen LogP contribution in [0.25, 0.3) is 0 Å². The SMILES string of the molecule is CCN1CCC(N(C)C(C)c2cc(C)ccc2O)CC1. The van der Waals surface area contributed by atoms with Crippen LogP contribution in [-0.2, 0) is 0 Å². The van der Waals surface area contributed by atoms with Crippen molar-refractivity contribution in [3.05, 3.63) is 29.3 Å². The van der Waals surface area contributed by atoms with Gasteiger partial charge in [0, 0.05) is 17.6 Å². The van der Waals surface area contributed by atoms with Crippen molar-refractivity contribution in [2.24, 2.45) is 0 Å². The van der Waals surface area contributed by atoms with Crippen molar-refractivity contribution in [2.75, 3.05) is 26.7 Å². The van der Waals surface area contributed by atoms with Gasteiger partial charge < -0.3 is 10.0 Å². The number of hydrogen-bond acceptors (Lipinski definition) is 3. The molecule has 0 aliphatic carbocycles. The molecule has 0 spiro atoms. The fraction of sp³-hybridized carbons (Fsp3) is 0.647. The topological polar surface area (TPSA) is 26.7 Å². The zero-order chi connectivity index (χ0) is 14.7. The van der Waals surface area contributed by atoms with Crippen molar-refractivity contribution in [3.8, 4) is 5.75 Å². The Balaban J connectivity index is 2.05. The second kappa shape index (κ2) is 6.59. The second-order valence-corrected chi connectivity index (χ2v) is 6.07. The van der Waals surface area contributed by atoms with Crippen LogP contribution in [0.3, 0.4) is 0 Å². The Labute approximate surface area is 123 Å². The van der Waals surface area contributed by atoms with Gasteiger partial charge in [0.25, 0.3) is 0 Å². The number of piperidine rings is 1. The van der Waals surface area contributed by atoms with Crippen molar-refractivity contribution in [2.45, 2.75) is 45.7 Å². The van der Waals surface area contributed by atoms with Gasteiger partial charge in [-0.05, 0) is 59.4 Å². The lowest BCUT2D eigenvalue weighted by molar-refractivity contribution is 0.103. The first kappa shape index (κ1) is 15.3. The summed E-state index contributed by atoms with van der Waals surface area (Å²) < 4.78 is 0. The first-order valence-corrected chi connectivity index (χ1v) is 7.76. The standard InChI is InChI=1S/C17H28N2O/c1-5-19-10-8-15(9-11-19)18(4)14(3)16-12-13(2)6-7-17(16)20/h6-7,12,14-15,20H,5,8-11H2,1-4H3. The third kappa shape index (κ3) is 3.33. The van der Waals surface area contributed by atoms with Gasteiger partial charge in [-0.2, -0.15) is 0 Å². The normalized spacial score (nSPS) is 19.4. The number of aryl methyl sites for hydroxylation is 1. The Hall–Kier alpha value is -1.06. The van der Waals surface area contributed by atoms with E-state index in [-0.39, 0.29) is 6.04 Å². The van der Waals surface area contributed by atoms with Crippen molar-refractivity contribution < 1.29 is 5.11 Å². The molecule has 112 valence electrons. The average Bonchev–Trinajstić information content (AvgIpc) is 2.48. The summed E-state index contributed by atoms with van der Waals surface area (Å²) in [6.45, 7) is 10.0. The van der Waals surface area contributed by atoms with Crippen LogP contribution >= 0.6 is 0 Å². The van der Waals surface area contributed by atoms with Crippen molar-refractivity contribution in [3.63, 3.8) is 0 Å². The van der Waals surface area contributed by atoms with Crippen LogP contribution in [-0.4, -0.2) is 47.6 Å². The fourth-order valence-corrected chi connectivity index (χ4v) is 3.19. The van der Waals surface area contributed by atoms with Gasteiger partial charge in [0.15, 0.2) is 0 Å². The number of phenolic OH excluding ortho intramolecular Hbond substituents is 1. The summed E-state index contributed by atoms with van der Waals surface area (Å²) in [5.41, 5.74) is 2.25. The maximum Gasteiger partial charge on any atom is 0.120 e. The summed E-state index contributed by atoms with van der Waals surface area (Å²) in [5, 5.41) is 10.1. The summed E-state index contributed by atoms with van der Waals surface area (Å²) >= 11 is 0. The molecular weight excluding hydrogens is 248 g/mol. The Morgan fingerprint density at radius 2 is 2.00 bits per heavy atom. The average molecular weight is 276 g/mol. The molecule has 1 unspecified atom stereocenters. The molecule has 1 aliphatic heterocycles. The van der Waals surface area contributed by atoms with Crippen molar-refractivity contribution in [1.82, 2.24) is 9.80 Å². The molecule has 1 aromatic carbocycles. The van der Waals surface area contributed by atoms with Gasteiger partial charge in [-0.1, -0.05) is 24.6 Å². The maximum atomic E-state index is 10.1. The van der Waals surface area contributed by atoms with Gasteiger partial charge in [0.2, 0.25) is 0 Å². The molecule has 1 heterocycles. The van der Waals surface area contributed by atoms with Gasteiger partial charge in [-0.3, -0.25) is 4.90 Å². The Morgan fingerprint density at radius 1 is 1.35 bits per heavy atom. The molecule has 3 heteroatoms. The van der Waals surface area contributed by atoms with Crippen LogP contribution in [0.1, 0.15) is 43.9 Å². The van der Waals surface area contributed by atoms with E-state index in [1.807, 2.05) is 12.1 Å². The lowest BCUT2D eigenvalue weighted by atomic mass is 9.98. The minimum Gasteiger partial charge on any atom is -0.508 e. The highest BCUT2D eigenvalue weighted by Gasteiger charge is 2.26. The molecule has 0 amide bonds. The Bertz CT molecular complexity index is 439. The highest BCUT2D eigenvalue weighted by molar-refractivity contribution is 5.37. The van der Waals surface area contributed by atoms with E-state index < -0.39 is 0 Å². The van der Waals surface area contributed by atoms with Gasteiger partial charge >= 0.3 is 0 Å². The van der Waals surface area contributed by atoms with Crippen LogP contribution in [0.15, 0.2) is 18.2 Å². The summed E-state index contributed by atoms with van der Waals surface area (Å²) in [7, 11) is 2.19. The van der Waals surface area contributed by atoms with Gasteiger partial charge in [0.1, 0.15) is 5.75 Å². The highest BCUT2D eigenvalue weighted by atomic mass is 16.3. The Morgan fingerprint density at radius 3 is 2.60 bits per heavy atom. The molecule has 0 aromatic heterocycles. The molecule has 20 heavy (non-hydrogen) atoms. The molecule has 1 aliphatic rings. The van der Waals surface area contributed by atoms with Crippen LogP contribution in [0.5, 0.6) is 5.75 Å². The van der Waals surface area contributed by atoms with Gasteiger partial charge in [-0.15, -0.1) is 0 Å². The maximum absolute atomic E-state index is 10.1. The summed E-state index contributed by atoms with van der Waals surface area (Å²) in [4.78, 5) is 4.95. The predicted octanol–water partition coefficient (Wildman–Crippen LogP) is 3.18. The summed E-state index contributed by atoms with van der Waals surface area (Å²) in [6.07, 6.45) is 2.45. The van der Waals surface area contributed by atoms with E-state index in [9.17, 15) is 5.11 Å². The zero-order valence-corrected chi connectivity index (χ0v) is 13.3. The molecule has 1 saturated heterocycles. The number of phenols is 1. The van der Waals surface area contributed by atoms with Crippen LogP contribution in [0, 0.1) is 6.92 Å². The molecule has 0 radical (unpaired) electrons. The zero-order valence-electron chi connectivity index (χ0n) is 13.3. The third-order valence-corrected chi connectivity index (χ3v) is 4.82. The number of likely N-dealkylation sites (tertiary alicyclic amines) is 1. The van der Waals surface area contributed by atoms with Gasteiger partial charge in [-0.25, -0.2) is 0 Å². The van der Waals surface area contributed by atoms with Crippen LogP contribution in [0.4, 0.5) is 0 Å². The lowest BCUT2D eigenvalue weighted by Gasteiger charge is -2.39. The number of hydrogen-bond donors (Lipinski definition) is 1. The molecule has 1 N–H and O–H groups in total. The molecular formula is C17H28N2O. The Kier molecular flexibility index (Phi) is 5.06. The molecule has 1 aromatic rings. The molecule has 0 saturated carbocycles. The monoisotopic (exact) mass is 276 g/mol. The first-order chi connectivity index (χ1) is 9.52. The van der Waals surface area contributed by atoms with E-state index in [0.717, 1.165) is 12.1 Å². The molecule has 2 rings (SSSR count). The van der Waals surface area contributed by atoms with E-state index in [1.54, 1.807) is 0 Å². The van der Waals surface area contributed by atoms with E-state index in [1.165, 1.54) is 31.5 Å². The molecule has 1 atom stereocenters. The van der Waals surface area contributed by atoms with E-state index in [4.69, 9.17) is 0 Å². The van der Waals surface area contributed by atoms with Gasteiger partial charge in [0.05, 0.1) is 0 Å². The van der Waals surface area contributed by atoms with Crippen molar-refractivity contribution >= 4 is 0 Å². The van der Waals surface area contributed by atoms with Crippen LogP contribution in [0.2, 0.25) is 0 Å². The van der Waals surface area contributed by atoms with E-state index in [0.29, 0.717) is 11.8 Å². The van der Waals surface area contributed by atoms with E-state index >= 15 is 0 Å². The highest BCUT2D eigenvalue weighted by Crippen LogP contribution is 2.31. The quantitative estimate of drug-likeness (QED) is 0.915. The van der Waals surface area contributed by atoms with Crippen LogP contribution < -0.4 is 0 Å². The minimum atomic E-state index is 0.257. The fourth-order valence-electron chi connectivity index (χ4n) is 3.19. The summed E-state index contributed by atoms with van der Waals surface area (Å²) in [5.74, 6) is 0.418. The number of aromatic hydroxyl groups is 1. The predicted molar refractivity (Wildman–Crippen MR) is 84.2 cm³/mol. The summed E-state index contributed by atoms with van der Waals surface area (Å²) in [6, 6.07) is 6.76. The molecule has 1 fully saturated rings. The first-order valence-electron chi connectivity index (χ1n) is 7.76. The smallest absolute Gasteiger partial charge is 0.120 e. The lowest BCUT2D eigenvalue weighted by Crippen LogP contribution is -2.44. The number of rotatable bonds is 4. The molecule has 0 bridgehead atoms. The molecule has 3 nitrogen and oxygen atoms in total. The van der Waals surface area contributed by atoms with Crippen molar-refractivity contribution in [1.29, 1.82) is 0 Å². The minimum absolute atomic E-state index is 0.257.